The molecule has 0 spiro atoms. The molecule has 2 bridgehead atoms. The summed E-state index contributed by atoms with van der Waals surface area (Å²) in [4.78, 5) is 15.0. The highest BCUT2D eigenvalue weighted by Crippen LogP contribution is 2.46. The number of nitrogens with zero attached hydrogens (tertiary/aromatic N) is 1. The molecule has 0 aliphatic heterocycles. The van der Waals surface area contributed by atoms with E-state index in [-0.39, 0.29) is 11.7 Å². The largest absolute Gasteiger partial charge is 0.484 e. The molecule has 2 aliphatic carbocycles. The number of aromatic carboxylic acids is 1. The first-order chi connectivity index (χ1) is 9.17. The van der Waals surface area contributed by atoms with E-state index in [9.17, 15) is 4.79 Å². The van der Waals surface area contributed by atoms with E-state index in [0.717, 1.165) is 12.3 Å². The first-order valence-electron chi connectivity index (χ1n) is 6.61. The highest BCUT2D eigenvalue weighted by molar-refractivity contribution is 5.87. The van der Waals surface area contributed by atoms with Gasteiger partial charge in [0, 0.05) is 12.3 Å². The van der Waals surface area contributed by atoms with Crippen LogP contribution in [0.1, 0.15) is 36.0 Å². The van der Waals surface area contributed by atoms with Crippen LogP contribution in [0.2, 0.25) is 0 Å². The number of carboxylic acids is 1. The molecule has 3 rings (SSSR count). The van der Waals surface area contributed by atoms with Crippen LogP contribution >= 0.6 is 0 Å². The van der Waals surface area contributed by atoms with E-state index in [1.54, 1.807) is 0 Å². The van der Waals surface area contributed by atoms with E-state index in [1.807, 2.05) is 0 Å². The lowest BCUT2D eigenvalue weighted by Crippen LogP contribution is -2.24. The van der Waals surface area contributed by atoms with Crippen LogP contribution in [-0.4, -0.2) is 29.3 Å². The quantitative estimate of drug-likeness (QED) is 0.903. The van der Waals surface area contributed by atoms with Crippen LogP contribution in [0, 0.1) is 11.8 Å². The third kappa shape index (κ3) is 2.25. The molecule has 102 valence electrons. The summed E-state index contributed by atoms with van der Waals surface area (Å²) in [7, 11) is 1.51. The minimum absolute atomic E-state index is 0.124. The molecule has 1 heterocycles. The molecule has 19 heavy (non-hydrogen) atoms. The first-order valence-corrected chi connectivity index (χ1v) is 6.61. The van der Waals surface area contributed by atoms with Crippen LogP contribution in [-0.2, 0) is 0 Å². The van der Waals surface area contributed by atoms with Gasteiger partial charge in [-0.3, -0.25) is 0 Å². The fraction of sp³-hybridized carbons (Fsp3) is 0.571. The maximum atomic E-state index is 11.0. The number of hydrogen-bond acceptors (Lipinski definition) is 4. The zero-order valence-corrected chi connectivity index (χ0v) is 10.8. The van der Waals surface area contributed by atoms with E-state index in [1.165, 1.54) is 38.6 Å². The molecule has 5 heteroatoms. The summed E-state index contributed by atoms with van der Waals surface area (Å²) in [5.74, 6) is 1.17. The SMILES string of the molecule is COc1ncc(C(=O)O)cc1OC1CC2CCC1C2. The normalized spacial score (nSPS) is 28.4. The Bertz CT molecular complexity index is 502. The average molecular weight is 263 g/mol. The van der Waals surface area contributed by atoms with Crippen LogP contribution in [0.5, 0.6) is 11.6 Å². The van der Waals surface area contributed by atoms with E-state index >= 15 is 0 Å². The summed E-state index contributed by atoms with van der Waals surface area (Å²) >= 11 is 0. The van der Waals surface area contributed by atoms with Gasteiger partial charge in [-0.15, -0.1) is 0 Å². The molecule has 1 aromatic rings. The molecular weight excluding hydrogens is 246 g/mol. The molecule has 2 saturated carbocycles. The third-order valence-electron chi connectivity index (χ3n) is 4.21. The fourth-order valence-electron chi connectivity index (χ4n) is 3.28. The van der Waals surface area contributed by atoms with Crippen molar-refractivity contribution in [3.63, 3.8) is 0 Å². The average Bonchev–Trinajstić information content (AvgIpc) is 3.01. The van der Waals surface area contributed by atoms with Gasteiger partial charge in [0.25, 0.3) is 5.88 Å². The number of hydrogen-bond donors (Lipinski definition) is 1. The lowest BCUT2D eigenvalue weighted by Gasteiger charge is -2.23. The van der Waals surface area contributed by atoms with Crippen molar-refractivity contribution in [2.45, 2.75) is 31.8 Å². The number of carboxylic acid groups (broad SMARTS) is 1. The number of methoxy groups -OCH3 is 1. The molecule has 2 fully saturated rings. The van der Waals surface area contributed by atoms with Gasteiger partial charge in [0.05, 0.1) is 12.7 Å². The fourth-order valence-corrected chi connectivity index (χ4v) is 3.28. The van der Waals surface area contributed by atoms with Crippen LogP contribution in [0.4, 0.5) is 0 Å². The minimum Gasteiger partial charge on any atom is -0.484 e. The Morgan fingerprint density at radius 2 is 2.26 bits per heavy atom. The van der Waals surface area contributed by atoms with Crippen molar-refractivity contribution in [1.82, 2.24) is 4.98 Å². The molecule has 3 atom stereocenters. The predicted molar refractivity (Wildman–Crippen MR) is 67.6 cm³/mol. The van der Waals surface area contributed by atoms with Crippen molar-refractivity contribution in [2.24, 2.45) is 11.8 Å². The molecule has 0 radical (unpaired) electrons. The Kier molecular flexibility index (Phi) is 3.05. The number of carbonyl (C=O) groups is 1. The molecule has 5 nitrogen and oxygen atoms in total. The Hall–Kier alpha value is -1.78. The highest BCUT2D eigenvalue weighted by Gasteiger charge is 2.41. The Morgan fingerprint density at radius 3 is 2.84 bits per heavy atom. The highest BCUT2D eigenvalue weighted by atomic mass is 16.5. The molecule has 0 saturated heterocycles. The lowest BCUT2D eigenvalue weighted by molar-refractivity contribution is 0.0694. The van der Waals surface area contributed by atoms with Gasteiger partial charge >= 0.3 is 5.97 Å². The summed E-state index contributed by atoms with van der Waals surface area (Å²) in [6, 6.07) is 1.50. The number of fused-ring (bicyclic) bond motifs is 2. The van der Waals surface area contributed by atoms with E-state index in [2.05, 4.69) is 4.98 Å². The van der Waals surface area contributed by atoms with Gasteiger partial charge in [-0.25, -0.2) is 9.78 Å². The first kappa shape index (κ1) is 12.3. The smallest absolute Gasteiger partial charge is 0.337 e. The molecule has 3 unspecified atom stereocenters. The summed E-state index contributed by atoms with van der Waals surface area (Å²) < 4.78 is 11.1. The van der Waals surface area contributed by atoms with Gasteiger partial charge in [0.15, 0.2) is 5.75 Å². The Morgan fingerprint density at radius 1 is 1.42 bits per heavy atom. The molecule has 2 aliphatic rings. The van der Waals surface area contributed by atoms with E-state index in [0.29, 0.717) is 17.5 Å². The monoisotopic (exact) mass is 263 g/mol. The van der Waals surface area contributed by atoms with Crippen LogP contribution in [0.3, 0.4) is 0 Å². The van der Waals surface area contributed by atoms with Crippen LogP contribution in [0.25, 0.3) is 0 Å². The van der Waals surface area contributed by atoms with Gasteiger partial charge in [0.2, 0.25) is 0 Å². The summed E-state index contributed by atoms with van der Waals surface area (Å²) in [5.41, 5.74) is 0.124. The summed E-state index contributed by atoms with van der Waals surface area (Å²) in [5, 5.41) is 9.00. The van der Waals surface area contributed by atoms with Gasteiger partial charge in [-0.2, -0.15) is 0 Å². The van der Waals surface area contributed by atoms with Gasteiger partial charge in [-0.1, -0.05) is 0 Å². The zero-order valence-electron chi connectivity index (χ0n) is 10.8. The lowest BCUT2D eigenvalue weighted by atomic mass is 9.98. The maximum Gasteiger partial charge on any atom is 0.337 e. The van der Waals surface area contributed by atoms with Gasteiger partial charge < -0.3 is 14.6 Å². The molecular formula is C14H17NO4. The number of pyridine rings is 1. The van der Waals surface area contributed by atoms with E-state index < -0.39 is 5.97 Å². The third-order valence-corrected chi connectivity index (χ3v) is 4.21. The maximum absolute atomic E-state index is 11.0. The van der Waals surface area contributed by atoms with E-state index in [4.69, 9.17) is 14.6 Å². The van der Waals surface area contributed by atoms with Crippen LogP contribution in [0.15, 0.2) is 12.3 Å². The molecule has 0 amide bonds. The molecule has 0 aromatic carbocycles. The Labute approximate surface area is 111 Å². The zero-order chi connectivity index (χ0) is 13.4. The minimum atomic E-state index is -1.01. The van der Waals surface area contributed by atoms with Crippen molar-refractivity contribution < 1.29 is 19.4 Å². The van der Waals surface area contributed by atoms with Gasteiger partial charge in [0.1, 0.15) is 6.10 Å². The number of ether oxygens (including phenoxy) is 2. The second-order valence-electron chi connectivity index (χ2n) is 5.37. The Balaban J connectivity index is 1.82. The van der Waals surface area contributed by atoms with Gasteiger partial charge in [-0.05, 0) is 37.5 Å². The van der Waals surface area contributed by atoms with Crippen molar-refractivity contribution >= 4 is 5.97 Å². The van der Waals surface area contributed by atoms with Crippen molar-refractivity contribution in [2.75, 3.05) is 7.11 Å². The topological polar surface area (TPSA) is 68.7 Å². The second kappa shape index (κ2) is 4.72. The predicted octanol–water partition coefficient (Wildman–Crippen LogP) is 2.36. The molecule has 1 N–H and O–H groups in total. The van der Waals surface area contributed by atoms with Crippen molar-refractivity contribution in [3.8, 4) is 11.6 Å². The molecule has 1 aromatic heterocycles. The standard InChI is InChI=1S/C14H17NO4/c1-18-13-12(6-10(7-15-13)14(16)17)19-11-5-8-2-3-9(11)4-8/h6-9,11H,2-5H2,1H3,(H,16,17). The number of rotatable bonds is 4. The summed E-state index contributed by atoms with van der Waals surface area (Å²) in [6.07, 6.45) is 6.27. The summed E-state index contributed by atoms with van der Waals surface area (Å²) in [6.45, 7) is 0. The van der Waals surface area contributed by atoms with Crippen molar-refractivity contribution in [1.29, 1.82) is 0 Å². The van der Waals surface area contributed by atoms with Crippen molar-refractivity contribution in [3.05, 3.63) is 17.8 Å². The second-order valence-corrected chi connectivity index (χ2v) is 5.37. The van der Waals surface area contributed by atoms with Crippen LogP contribution < -0.4 is 9.47 Å². The number of aromatic nitrogens is 1.